The minimum absolute atomic E-state index is 0.241. The number of imide groups is 1. The molecule has 5 rings (SSSR count). The number of nitrogens with one attached hydrogen (secondary N) is 1. The van der Waals surface area contributed by atoms with E-state index in [1.165, 1.54) is 10.5 Å². The lowest BCUT2D eigenvalue weighted by molar-refractivity contribution is 0.0603. The molecular formula is C25H23N3O3. The average molecular weight is 413 g/mol. The van der Waals surface area contributed by atoms with Gasteiger partial charge in [-0.1, -0.05) is 24.3 Å². The van der Waals surface area contributed by atoms with E-state index in [0.29, 0.717) is 37.2 Å². The molecule has 2 amide bonds. The molecular weight excluding hydrogens is 390 g/mol. The van der Waals surface area contributed by atoms with E-state index in [1.54, 1.807) is 12.1 Å². The summed E-state index contributed by atoms with van der Waals surface area (Å²) < 4.78 is 5.91. The maximum atomic E-state index is 12.9. The molecule has 4 aromatic rings. The van der Waals surface area contributed by atoms with Crippen molar-refractivity contribution < 1.29 is 14.3 Å². The van der Waals surface area contributed by atoms with Gasteiger partial charge in [-0.3, -0.25) is 14.5 Å². The van der Waals surface area contributed by atoms with Gasteiger partial charge in [0.25, 0.3) is 11.8 Å². The van der Waals surface area contributed by atoms with E-state index in [9.17, 15) is 9.59 Å². The van der Waals surface area contributed by atoms with E-state index >= 15 is 0 Å². The van der Waals surface area contributed by atoms with Crippen LogP contribution in [0.5, 0.6) is 5.75 Å². The fraction of sp³-hybridized carbons (Fsp3) is 0.200. The Labute approximate surface area is 179 Å². The number of rotatable bonds is 7. The Kier molecular flexibility index (Phi) is 4.92. The second-order valence-corrected chi connectivity index (χ2v) is 7.73. The van der Waals surface area contributed by atoms with Crippen molar-refractivity contribution in [2.45, 2.75) is 12.8 Å². The van der Waals surface area contributed by atoms with Crippen LogP contribution >= 0.6 is 0 Å². The van der Waals surface area contributed by atoms with Crippen LogP contribution in [0, 0.1) is 0 Å². The summed E-state index contributed by atoms with van der Waals surface area (Å²) >= 11 is 0. The third-order valence-corrected chi connectivity index (χ3v) is 5.80. The zero-order chi connectivity index (χ0) is 21.4. The predicted molar refractivity (Wildman–Crippen MR) is 120 cm³/mol. The summed E-state index contributed by atoms with van der Waals surface area (Å²) in [6.07, 6.45) is 3.33. The van der Waals surface area contributed by atoms with E-state index < -0.39 is 0 Å². The monoisotopic (exact) mass is 413 g/mol. The summed E-state index contributed by atoms with van der Waals surface area (Å²) in [6, 6.07) is 17.0. The number of amides is 2. The van der Waals surface area contributed by atoms with Gasteiger partial charge in [0.1, 0.15) is 5.75 Å². The van der Waals surface area contributed by atoms with Crippen molar-refractivity contribution >= 4 is 33.5 Å². The minimum atomic E-state index is -0.241. The van der Waals surface area contributed by atoms with Crippen molar-refractivity contribution in [3.63, 3.8) is 0 Å². The molecule has 6 nitrogen and oxygen atoms in total. The molecule has 6 heteroatoms. The van der Waals surface area contributed by atoms with Crippen molar-refractivity contribution in [2.75, 3.05) is 19.7 Å². The Bertz CT molecular complexity index is 1260. The third kappa shape index (κ3) is 3.35. The molecule has 31 heavy (non-hydrogen) atoms. The number of benzene rings is 3. The molecule has 0 fully saturated rings. The highest BCUT2D eigenvalue weighted by Crippen LogP contribution is 2.30. The van der Waals surface area contributed by atoms with Crippen LogP contribution in [0.25, 0.3) is 21.7 Å². The first kappa shape index (κ1) is 19.3. The first-order valence-corrected chi connectivity index (χ1v) is 10.5. The van der Waals surface area contributed by atoms with Gasteiger partial charge < -0.3 is 15.5 Å². The Morgan fingerprint density at radius 3 is 2.42 bits per heavy atom. The van der Waals surface area contributed by atoms with E-state index in [0.717, 1.165) is 33.8 Å². The number of hydrogen-bond donors (Lipinski definition) is 2. The fourth-order valence-corrected chi connectivity index (χ4v) is 4.31. The summed E-state index contributed by atoms with van der Waals surface area (Å²) in [6.45, 7) is 1.31. The van der Waals surface area contributed by atoms with Gasteiger partial charge in [-0.25, -0.2) is 0 Å². The molecule has 0 radical (unpaired) electrons. The van der Waals surface area contributed by atoms with Crippen molar-refractivity contribution in [2.24, 2.45) is 5.73 Å². The smallest absolute Gasteiger partial charge is 0.261 e. The van der Waals surface area contributed by atoms with Crippen LogP contribution in [-0.4, -0.2) is 41.4 Å². The minimum Gasteiger partial charge on any atom is -0.494 e. The number of carbonyl (C=O) groups excluding carboxylic acids is 2. The number of H-pyrrole nitrogens is 1. The number of hydrogen-bond acceptors (Lipinski definition) is 4. The Balaban J connectivity index is 1.27. The van der Waals surface area contributed by atoms with E-state index in [1.807, 2.05) is 48.7 Å². The number of carbonyl (C=O) groups is 2. The van der Waals surface area contributed by atoms with Gasteiger partial charge in [0.15, 0.2) is 0 Å². The number of aromatic nitrogens is 1. The molecule has 1 aromatic heterocycles. The normalized spacial score (nSPS) is 13.4. The van der Waals surface area contributed by atoms with Crippen LogP contribution in [-0.2, 0) is 6.42 Å². The van der Waals surface area contributed by atoms with Gasteiger partial charge in [0.2, 0.25) is 0 Å². The zero-order valence-electron chi connectivity index (χ0n) is 17.1. The van der Waals surface area contributed by atoms with Crippen molar-refractivity contribution in [1.29, 1.82) is 0 Å². The summed E-state index contributed by atoms with van der Waals surface area (Å²) in [7, 11) is 0. The standard InChI is InChI=1S/C25H23N3O3/c26-11-10-17-15-27-22-9-8-18(14-21(17)22)31-13-3-12-28-24(29)19-6-1-4-16-5-2-7-20(23(16)19)25(28)30/h1-2,4-9,14-15,27H,3,10-13,26H2. The number of nitrogens with zero attached hydrogens (tertiary/aromatic N) is 1. The second kappa shape index (κ2) is 7.89. The first-order valence-electron chi connectivity index (χ1n) is 10.5. The van der Waals surface area contributed by atoms with Crippen LogP contribution in [0.4, 0.5) is 0 Å². The molecule has 1 aliphatic heterocycles. The molecule has 0 aliphatic carbocycles. The van der Waals surface area contributed by atoms with Gasteiger partial charge in [-0.05, 0) is 60.7 Å². The van der Waals surface area contributed by atoms with Crippen LogP contribution in [0.1, 0.15) is 32.7 Å². The number of fused-ring (bicyclic) bond motifs is 1. The molecule has 0 spiro atoms. The molecule has 0 saturated carbocycles. The van der Waals surface area contributed by atoms with Crippen molar-refractivity contribution in [1.82, 2.24) is 9.88 Å². The Hall–Kier alpha value is -3.64. The van der Waals surface area contributed by atoms with Crippen LogP contribution < -0.4 is 10.5 Å². The van der Waals surface area contributed by atoms with Crippen LogP contribution in [0.15, 0.2) is 60.8 Å². The average Bonchev–Trinajstić information content (AvgIpc) is 3.19. The van der Waals surface area contributed by atoms with Gasteiger partial charge in [0, 0.05) is 40.2 Å². The van der Waals surface area contributed by atoms with Crippen LogP contribution in [0.2, 0.25) is 0 Å². The Morgan fingerprint density at radius 2 is 1.71 bits per heavy atom. The lowest BCUT2D eigenvalue weighted by Gasteiger charge is -2.27. The SMILES string of the molecule is NCCc1c[nH]c2ccc(OCCCN3C(=O)c4cccc5cccc(c45)C3=O)cc12. The van der Waals surface area contributed by atoms with Crippen LogP contribution in [0.3, 0.4) is 0 Å². The maximum Gasteiger partial charge on any atom is 0.261 e. The van der Waals surface area contributed by atoms with Gasteiger partial charge >= 0.3 is 0 Å². The molecule has 0 bridgehead atoms. The number of nitrogens with two attached hydrogens (primary N) is 1. The summed E-state index contributed by atoms with van der Waals surface area (Å²) in [5.74, 6) is 0.278. The topological polar surface area (TPSA) is 88.4 Å². The molecule has 2 heterocycles. The van der Waals surface area contributed by atoms with Crippen molar-refractivity contribution in [3.05, 3.63) is 77.5 Å². The van der Waals surface area contributed by atoms with Gasteiger partial charge in [0.05, 0.1) is 6.61 Å². The molecule has 0 saturated heterocycles. The number of aromatic amines is 1. The third-order valence-electron chi connectivity index (χ3n) is 5.80. The van der Waals surface area contributed by atoms with Crippen molar-refractivity contribution in [3.8, 4) is 5.75 Å². The first-order chi connectivity index (χ1) is 15.2. The molecule has 0 unspecified atom stereocenters. The highest BCUT2D eigenvalue weighted by molar-refractivity contribution is 6.25. The molecule has 1 aliphatic rings. The molecule has 0 atom stereocenters. The quantitative estimate of drug-likeness (QED) is 0.355. The predicted octanol–water partition coefficient (Wildman–Crippen LogP) is 3.89. The summed E-state index contributed by atoms with van der Waals surface area (Å²) in [5.41, 5.74) is 9.07. The summed E-state index contributed by atoms with van der Waals surface area (Å²) in [5, 5.41) is 2.77. The van der Waals surface area contributed by atoms with E-state index in [-0.39, 0.29) is 11.8 Å². The molecule has 3 N–H and O–H groups in total. The lowest BCUT2D eigenvalue weighted by Crippen LogP contribution is -2.41. The lowest BCUT2D eigenvalue weighted by atomic mass is 9.94. The molecule has 3 aromatic carbocycles. The largest absolute Gasteiger partial charge is 0.494 e. The maximum absolute atomic E-state index is 12.9. The van der Waals surface area contributed by atoms with E-state index in [2.05, 4.69) is 4.98 Å². The van der Waals surface area contributed by atoms with E-state index in [4.69, 9.17) is 10.5 Å². The Morgan fingerprint density at radius 1 is 0.968 bits per heavy atom. The van der Waals surface area contributed by atoms with Gasteiger partial charge in [-0.2, -0.15) is 0 Å². The highest BCUT2D eigenvalue weighted by Gasteiger charge is 2.32. The number of ether oxygens (including phenoxy) is 1. The summed E-state index contributed by atoms with van der Waals surface area (Å²) in [4.78, 5) is 30.5. The van der Waals surface area contributed by atoms with Gasteiger partial charge in [-0.15, -0.1) is 0 Å². The highest BCUT2D eigenvalue weighted by atomic mass is 16.5. The fourth-order valence-electron chi connectivity index (χ4n) is 4.31. The zero-order valence-corrected chi connectivity index (χ0v) is 17.1. The second-order valence-electron chi connectivity index (χ2n) is 7.73. The molecule has 156 valence electrons.